The van der Waals surface area contributed by atoms with Crippen molar-refractivity contribution in [2.45, 2.75) is 26.4 Å². The molecule has 3 rings (SSSR count). The Bertz CT molecular complexity index is 857. The van der Waals surface area contributed by atoms with Gasteiger partial charge in [0.05, 0.1) is 30.1 Å². The third kappa shape index (κ3) is 4.10. The Morgan fingerprint density at radius 2 is 1.96 bits per heavy atom. The predicted molar refractivity (Wildman–Crippen MR) is 95.5 cm³/mol. The fraction of sp³-hybridized carbons (Fsp3) is 0.211. The summed E-state index contributed by atoms with van der Waals surface area (Å²) in [6, 6.07) is 14.7. The second-order valence-corrected chi connectivity index (χ2v) is 5.92. The van der Waals surface area contributed by atoms with Crippen LogP contribution in [0.4, 0.5) is 5.69 Å². The van der Waals surface area contributed by atoms with Crippen LogP contribution in [0.3, 0.4) is 0 Å². The highest BCUT2D eigenvalue weighted by Gasteiger charge is 2.13. The quantitative estimate of drug-likeness (QED) is 0.751. The molecule has 0 aliphatic heterocycles. The molecule has 2 aromatic heterocycles. The van der Waals surface area contributed by atoms with Crippen molar-refractivity contribution in [1.82, 2.24) is 14.8 Å². The van der Waals surface area contributed by atoms with E-state index in [-0.39, 0.29) is 12.3 Å². The molecule has 0 saturated carbocycles. The monoisotopic (exact) mass is 336 g/mol. The van der Waals surface area contributed by atoms with E-state index in [0.717, 1.165) is 17.0 Å². The van der Waals surface area contributed by atoms with E-state index < -0.39 is 6.10 Å². The van der Waals surface area contributed by atoms with Crippen molar-refractivity contribution in [2.24, 2.45) is 0 Å². The van der Waals surface area contributed by atoms with Crippen LogP contribution in [0.5, 0.6) is 0 Å². The van der Waals surface area contributed by atoms with Gasteiger partial charge in [-0.05, 0) is 37.6 Å². The van der Waals surface area contributed by atoms with Crippen molar-refractivity contribution in [3.8, 4) is 5.82 Å². The van der Waals surface area contributed by atoms with Crippen LogP contribution in [-0.4, -0.2) is 25.8 Å². The van der Waals surface area contributed by atoms with Crippen molar-refractivity contribution >= 4 is 11.6 Å². The Labute approximate surface area is 146 Å². The molecule has 1 amide bonds. The molecule has 1 unspecified atom stereocenters. The van der Waals surface area contributed by atoms with Crippen LogP contribution < -0.4 is 5.32 Å². The number of hydrogen-bond donors (Lipinski definition) is 2. The minimum atomic E-state index is -0.830. The molecule has 0 saturated heterocycles. The minimum Gasteiger partial charge on any atom is -0.388 e. The number of hydrogen-bond acceptors (Lipinski definition) is 4. The Hall–Kier alpha value is -2.99. The lowest BCUT2D eigenvalue weighted by Crippen LogP contribution is -2.15. The summed E-state index contributed by atoms with van der Waals surface area (Å²) in [6.45, 7) is 3.89. The normalized spacial score (nSPS) is 12.0. The number of anilines is 1. The molecule has 2 N–H and O–H groups in total. The van der Waals surface area contributed by atoms with E-state index in [1.54, 1.807) is 35.1 Å². The number of rotatable bonds is 5. The van der Waals surface area contributed by atoms with Crippen LogP contribution in [0.2, 0.25) is 0 Å². The maximum absolute atomic E-state index is 12.1. The summed E-state index contributed by atoms with van der Waals surface area (Å²) < 4.78 is 1.75. The Balaban J connectivity index is 1.63. The van der Waals surface area contributed by atoms with Gasteiger partial charge in [-0.1, -0.05) is 30.3 Å². The molecule has 0 radical (unpaired) electrons. The SMILES string of the molecule is Cc1cc(C)n(-c2ccc(NC(=O)CC(O)c3ccccc3)cn2)n1. The summed E-state index contributed by atoms with van der Waals surface area (Å²) in [5.74, 6) is 0.421. The molecule has 0 bridgehead atoms. The highest BCUT2D eigenvalue weighted by atomic mass is 16.3. The van der Waals surface area contributed by atoms with Crippen LogP contribution in [0.25, 0.3) is 5.82 Å². The van der Waals surface area contributed by atoms with Gasteiger partial charge in [-0.3, -0.25) is 4.79 Å². The second kappa shape index (κ2) is 7.27. The van der Waals surface area contributed by atoms with Gasteiger partial charge in [-0.2, -0.15) is 5.10 Å². The number of aliphatic hydroxyl groups is 1. The molecule has 128 valence electrons. The molecular formula is C19H20N4O2. The highest BCUT2D eigenvalue weighted by molar-refractivity contribution is 5.90. The number of aryl methyl sites for hydroxylation is 2. The number of aromatic nitrogens is 3. The lowest BCUT2D eigenvalue weighted by Gasteiger charge is -2.11. The van der Waals surface area contributed by atoms with Crippen molar-refractivity contribution < 1.29 is 9.90 Å². The predicted octanol–water partition coefficient (Wildman–Crippen LogP) is 2.95. The minimum absolute atomic E-state index is 0.0107. The van der Waals surface area contributed by atoms with Crippen LogP contribution in [0.15, 0.2) is 54.7 Å². The Morgan fingerprint density at radius 1 is 1.20 bits per heavy atom. The van der Waals surface area contributed by atoms with E-state index in [1.165, 1.54) is 0 Å². The number of carbonyl (C=O) groups excluding carboxylic acids is 1. The van der Waals surface area contributed by atoms with Gasteiger partial charge < -0.3 is 10.4 Å². The third-order valence-corrected chi connectivity index (χ3v) is 3.82. The maximum atomic E-state index is 12.1. The van der Waals surface area contributed by atoms with E-state index in [2.05, 4.69) is 15.4 Å². The number of nitrogens with zero attached hydrogens (tertiary/aromatic N) is 3. The largest absolute Gasteiger partial charge is 0.388 e. The molecular weight excluding hydrogens is 316 g/mol. The topological polar surface area (TPSA) is 80.0 Å². The summed E-state index contributed by atoms with van der Waals surface area (Å²) in [6.07, 6.45) is 0.741. The van der Waals surface area contributed by atoms with Gasteiger partial charge in [0.15, 0.2) is 5.82 Å². The number of amides is 1. The van der Waals surface area contributed by atoms with Gasteiger partial charge >= 0.3 is 0 Å². The van der Waals surface area contributed by atoms with Crippen molar-refractivity contribution in [2.75, 3.05) is 5.32 Å². The summed E-state index contributed by atoms with van der Waals surface area (Å²) in [5.41, 5.74) is 3.21. The van der Waals surface area contributed by atoms with E-state index in [0.29, 0.717) is 11.5 Å². The summed E-state index contributed by atoms with van der Waals surface area (Å²) in [4.78, 5) is 16.4. The van der Waals surface area contributed by atoms with Crippen molar-refractivity contribution in [1.29, 1.82) is 0 Å². The standard InChI is InChI=1S/C19H20N4O2/c1-13-10-14(2)23(22-13)18-9-8-16(12-20-18)21-19(25)11-17(24)15-6-4-3-5-7-15/h3-10,12,17,24H,11H2,1-2H3,(H,21,25). The van der Waals surface area contributed by atoms with E-state index in [1.807, 2.05) is 38.1 Å². The van der Waals surface area contributed by atoms with Crippen LogP contribution in [0, 0.1) is 13.8 Å². The fourth-order valence-electron chi connectivity index (χ4n) is 2.63. The second-order valence-electron chi connectivity index (χ2n) is 5.92. The van der Waals surface area contributed by atoms with Crippen molar-refractivity contribution in [3.05, 3.63) is 71.7 Å². The van der Waals surface area contributed by atoms with Crippen LogP contribution >= 0.6 is 0 Å². The number of pyridine rings is 1. The first kappa shape index (κ1) is 16.9. The Morgan fingerprint density at radius 3 is 2.56 bits per heavy atom. The number of nitrogens with one attached hydrogen (secondary N) is 1. The molecule has 0 fully saturated rings. The van der Waals surface area contributed by atoms with Crippen LogP contribution in [-0.2, 0) is 4.79 Å². The molecule has 6 heteroatoms. The molecule has 1 atom stereocenters. The lowest BCUT2D eigenvalue weighted by atomic mass is 10.1. The molecule has 1 aromatic carbocycles. The zero-order chi connectivity index (χ0) is 17.8. The van der Waals surface area contributed by atoms with E-state index in [4.69, 9.17) is 0 Å². The molecule has 6 nitrogen and oxygen atoms in total. The average Bonchev–Trinajstić information content (AvgIpc) is 2.94. The maximum Gasteiger partial charge on any atom is 0.227 e. The average molecular weight is 336 g/mol. The third-order valence-electron chi connectivity index (χ3n) is 3.82. The summed E-state index contributed by atoms with van der Waals surface area (Å²) >= 11 is 0. The molecule has 0 spiro atoms. The van der Waals surface area contributed by atoms with Gasteiger partial charge in [-0.25, -0.2) is 9.67 Å². The highest BCUT2D eigenvalue weighted by Crippen LogP contribution is 2.18. The Kier molecular flexibility index (Phi) is 4.90. The number of carbonyl (C=O) groups is 1. The van der Waals surface area contributed by atoms with E-state index in [9.17, 15) is 9.90 Å². The molecule has 3 aromatic rings. The summed E-state index contributed by atoms with van der Waals surface area (Å²) in [7, 11) is 0. The first-order valence-electron chi connectivity index (χ1n) is 8.05. The fourth-order valence-corrected chi connectivity index (χ4v) is 2.63. The van der Waals surface area contributed by atoms with E-state index >= 15 is 0 Å². The van der Waals surface area contributed by atoms with Gasteiger partial charge in [-0.15, -0.1) is 0 Å². The number of benzene rings is 1. The van der Waals surface area contributed by atoms with Gasteiger partial charge in [0, 0.05) is 5.69 Å². The van der Waals surface area contributed by atoms with Gasteiger partial charge in [0.1, 0.15) is 0 Å². The van der Waals surface area contributed by atoms with Gasteiger partial charge in [0.2, 0.25) is 5.91 Å². The number of aliphatic hydroxyl groups excluding tert-OH is 1. The molecule has 0 aliphatic rings. The first-order chi connectivity index (χ1) is 12.0. The van der Waals surface area contributed by atoms with Crippen LogP contribution in [0.1, 0.15) is 29.5 Å². The molecule has 2 heterocycles. The first-order valence-corrected chi connectivity index (χ1v) is 8.05. The lowest BCUT2D eigenvalue weighted by molar-refractivity contribution is -0.118. The van der Waals surface area contributed by atoms with Gasteiger partial charge in [0.25, 0.3) is 0 Å². The molecule has 0 aliphatic carbocycles. The smallest absolute Gasteiger partial charge is 0.227 e. The zero-order valence-electron chi connectivity index (χ0n) is 14.2. The van der Waals surface area contributed by atoms with Crippen molar-refractivity contribution in [3.63, 3.8) is 0 Å². The summed E-state index contributed by atoms with van der Waals surface area (Å²) in [5, 5.41) is 17.2. The zero-order valence-corrected chi connectivity index (χ0v) is 14.2. The molecule has 25 heavy (non-hydrogen) atoms.